The topological polar surface area (TPSA) is 44.2 Å². The van der Waals surface area contributed by atoms with Crippen molar-refractivity contribution in [3.8, 4) is 11.6 Å². The highest BCUT2D eigenvalue weighted by Gasteiger charge is 2.07. The molecule has 5 heteroatoms. The van der Waals surface area contributed by atoms with Gasteiger partial charge in [0, 0.05) is 12.0 Å². The second-order valence-electron chi connectivity index (χ2n) is 4.68. The molecular formula is C15H17BrN2O2. The van der Waals surface area contributed by atoms with Gasteiger partial charge >= 0.3 is 0 Å². The minimum Gasteiger partial charge on any atom is -0.497 e. The van der Waals surface area contributed by atoms with Gasteiger partial charge in [-0.3, -0.25) is 0 Å². The number of benzene rings is 1. The van der Waals surface area contributed by atoms with Crippen molar-refractivity contribution in [1.29, 1.82) is 0 Å². The Hall–Kier alpha value is -1.62. The third-order valence-electron chi connectivity index (χ3n) is 2.75. The molecule has 0 aliphatic rings. The van der Waals surface area contributed by atoms with Crippen molar-refractivity contribution in [2.24, 2.45) is 0 Å². The van der Waals surface area contributed by atoms with Crippen molar-refractivity contribution in [3.63, 3.8) is 0 Å². The van der Waals surface area contributed by atoms with Gasteiger partial charge in [-0.15, -0.1) is 0 Å². The van der Waals surface area contributed by atoms with E-state index in [0.717, 1.165) is 21.7 Å². The van der Waals surface area contributed by atoms with Crippen molar-refractivity contribution in [1.82, 2.24) is 9.97 Å². The second-order valence-corrected chi connectivity index (χ2v) is 5.49. The standard InChI is InChI=1S/C15H17BrN2O2/c1-10(2)15-17-13(16)8-14(18-15)20-9-11-4-6-12(19-3)7-5-11/h4-8,10H,9H2,1-3H3. The normalized spacial score (nSPS) is 10.7. The third kappa shape index (κ3) is 3.93. The fourth-order valence-electron chi connectivity index (χ4n) is 1.62. The zero-order valence-corrected chi connectivity index (χ0v) is 13.3. The van der Waals surface area contributed by atoms with Crippen molar-refractivity contribution in [2.75, 3.05) is 7.11 Å². The lowest BCUT2D eigenvalue weighted by atomic mass is 10.2. The number of methoxy groups -OCH3 is 1. The molecule has 0 fully saturated rings. The monoisotopic (exact) mass is 336 g/mol. The Labute approximate surface area is 127 Å². The molecule has 106 valence electrons. The molecule has 1 heterocycles. The van der Waals surface area contributed by atoms with E-state index in [4.69, 9.17) is 9.47 Å². The quantitative estimate of drug-likeness (QED) is 0.775. The lowest BCUT2D eigenvalue weighted by Crippen LogP contribution is -2.03. The Balaban J connectivity index is 2.06. The average molecular weight is 337 g/mol. The summed E-state index contributed by atoms with van der Waals surface area (Å²) in [5.74, 6) is 2.44. The van der Waals surface area contributed by atoms with Crippen molar-refractivity contribution in [2.45, 2.75) is 26.4 Å². The van der Waals surface area contributed by atoms with E-state index in [1.165, 1.54) is 0 Å². The number of nitrogens with zero attached hydrogens (tertiary/aromatic N) is 2. The van der Waals surface area contributed by atoms with Crippen LogP contribution < -0.4 is 9.47 Å². The zero-order chi connectivity index (χ0) is 14.5. The first-order valence-corrected chi connectivity index (χ1v) is 7.18. The maximum Gasteiger partial charge on any atom is 0.218 e. The second kappa shape index (κ2) is 6.70. The van der Waals surface area contributed by atoms with E-state index < -0.39 is 0 Å². The van der Waals surface area contributed by atoms with Crippen molar-refractivity contribution < 1.29 is 9.47 Å². The molecule has 4 nitrogen and oxygen atoms in total. The molecule has 0 N–H and O–H groups in total. The fourth-order valence-corrected chi connectivity index (χ4v) is 2.00. The van der Waals surface area contributed by atoms with Crippen LogP contribution in [0.5, 0.6) is 11.6 Å². The lowest BCUT2D eigenvalue weighted by molar-refractivity contribution is 0.291. The minimum atomic E-state index is 0.260. The van der Waals surface area contributed by atoms with Gasteiger partial charge in [0.2, 0.25) is 5.88 Å². The van der Waals surface area contributed by atoms with Gasteiger partial charge in [0.1, 0.15) is 22.8 Å². The molecule has 0 aliphatic carbocycles. The molecule has 1 aromatic carbocycles. The van der Waals surface area contributed by atoms with Gasteiger partial charge < -0.3 is 9.47 Å². The van der Waals surface area contributed by atoms with E-state index in [9.17, 15) is 0 Å². The highest BCUT2D eigenvalue weighted by atomic mass is 79.9. The Kier molecular flexibility index (Phi) is 4.95. The van der Waals surface area contributed by atoms with Crippen LogP contribution in [0.1, 0.15) is 31.2 Å². The van der Waals surface area contributed by atoms with E-state index in [0.29, 0.717) is 12.5 Å². The van der Waals surface area contributed by atoms with Crippen LogP contribution in [0.4, 0.5) is 0 Å². The fraction of sp³-hybridized carbons (Fsp3) is 0.333. The molecule has 0 bridgehead atoms. The predicted molar refractivity (Wildman–Crippen MR) is 81.1 cm³/mol. The molecular weight excluding hydrogens is 320 g/mol. The van der Waals surface area contributed by atoms with Gasteiger partial charge in [-0.05, 0) is 33.6 Å². The summed E-state index contributed by atoms with van der Waals surface area (Å²) in [7, 11) is 1.65. The number of rotatable bonds is 5. The molecule has 0 spiro atoms. The maximum absolute atomic E-state index is 5.72. The van der Waals surface area contributed by atoms with Gasteiger partial charge in [-0.1, -0.05) is 26.0 Å². The van der Waals surface area contributed by atoms with E-state index in [1.807, 2.05) is 24.3 Å². The molecule has 0 atom stereocenters. The summed E-state index contributed by atoms with van der Waals surface area (Å²) in [5.41, 5.74) is 1.06. The molecule has 0 amide bonds. The van der Waals surface area contributed by atoms with Crippen LogP contribution in [-0.2, 0) is 6.61 Å². The van der Waals surface area contributed by atoms with Crippen LogP contribution in [0.15, 0.2) is 34.9 Å². The van der Waals surface area contributed by atoms with Crippen LogP contribution in [0.3, 0.4) is 0 Å². The van der Waals surface area contributed by atoms with Crippen molar-refractivity contribution in [3.05, 3.63) is 46.3 Å². The van der Waals surface area contributed by atoms with Crippen LogP contribution in [0, 0.1) is 0 Å². The predicted octanol–water partition coefficient (Wildman–Crippen LogP) is 3.95. The molecule has 2 aromatic rings. The molecule has 20 heavy (non-hydrogen) atoms. The Morgan fingerprint density at radius 2 is 1.85 bits per heavy atom. The van der Waals surface area contributed by atoms with Gasteiger partial charge in [0.15, 0.2) is 0 Å². The van der Waals surface area contributed by atoms with Gasteiger partial charge in [-0.25, -0.2) is 4.98 Å². The zero-order valence-electron chi connectivity index (χ0n) is 11.8. The molecule has 1 aromatic heterocycles. The highest BCUT2D eigenvalue weighted by molar-refractivity contribution is 9.10. The Morgan fingerprint density at radius 1 is 1.15 bits per heavy atom. The molecule has 0 saturated heterocycles. The van der Waals surface area contributed by atoms with Crippen molar-refractivity contribution >= 4 is 15.9 Å². The van der Waals surface area contributed by atoms with Gasteiger partial charge in [-0.2, -0.15) is 4.98 Å². The first-order valence-electron chi connectivity index (χ1n) is 6.38. The summed E-state index contributed by atoms with van der Waals surface area (Å²) in [5, 5.41) is 0. The van der Waals surface area contributed by atoms with E-state index in [1.54, 1.807) is 13.2 Å². The Bertz CT molecular complexity index is 571. The van der Waals surface area contributed by atoms with Crippen LogP contribution in [0.2, 0.25) is 0 Å². The summed E-state index contributed by atoms with van der Waals surface area (Å²) < 4.78 is 11.6. The largest absolute Gasteiger partial charge is 0.497 e. The van der Waals surface area contributed by atoms with Gasteiger partial charge in [0.05, 0.1) is 7.11 Å². The lowest BCUT2D eigenvalue weighted by Gasteiger charge is -2.09. The number of hydrogen-bond acceptors (Lipinski definition) is 4. The smallest absolute Gasteiger partial charge is 0.218 e. The van der Waals surface area contributed by atoms with Gasteiger partial charge in [0.25, 0.3) is 0 Å². The van der Waals surface area contributed by atoms with E-state index in [-0.39, 0.29) is 5.92 Å². The molecule has 0 radical (unpaired) electrons. The minimum absolute atomic E-state index is 0.260. The van der Waals surface area contributed by atoms with E-state index in [2.05, 4.69) is 39.7 Å². The Morgan fingerprint density at radius 3 is 2.45 bits per heavy atom. The first-order chi connectivity index (χ1) is 9.58. The summed E-state index contributed by atoms with van der Waals surface area (Å²) in [4.78, 5) is 8.71. The number of ether oxygens (including phenoxy) is 2. The number of halogens is 1. The molecule has 2 rings (SSSR count). The molecule has 0 saturated carbocycles. The number of hydrogen-bond donors (Lipinski definition) is 0. The summed E-state index contributed by atoms with van der Waals surface area (Å²) >= 11 is 3.38. The van der Waals surface area contributed by atoms with Crippen LogP contribution >= 0.6 is 15.9 Å². The molecule has 0 unspecified atom stereocenters. The highest BCUT2D eigenvalue weighted by Crippen LogP contribution is 2.20. The third-order valence-corrected chi connectivity index (χ3v) is 3.16. The summed E-state index contributed by atoms with van der Waals surface area (Å²) in [6.45, 7) is 4.56. The van der Waals surface area contributed by atoms with Crippen LogP contribution in [0.25, 0.3) is 0 Å². The first kappa shape index (κ1) is 14.8. The molecule has 0 aliphatic heterocycles. The summed E-state index contributed by atoms with van der Waals surface area (Å²) in [6.07, 6.45) is 0. The SMILES string of the molecule is COc1ccc(COc2cc(Br)nc(C(C)C)n2)cc1. The summed E-state index contributed by atoms with van der Waals surface area (Å²) in [6, 6.07) is 9.54. The van der Waals surface area contributed by atoms with E-state index >= 15 is 0 Å². The average Bonchev–Trinajstić information content (AvgIpc) is 2.45. The maximum atomic E-state index is 5.72. The van der Waals surface area contributed by atoms with Crippen LogP contribution in [-0.4, -0.2) is 17.1 Å². The number of aromatic nitrogens is 2.